The van der Waals surface area contributed by atoms with Crippen LogP contribution >= 0.6 is 28.3 Å². The minimum absolute atomic E-state index is 0. The van der Waals surface area contributed by atoms with Gasteiger partial charge in [0.1, 0.15) is 5.82 Å². The predicted octanol–water partition coefficient (Wildman–Crippen LogP) is 2.98. The Balaban J connectivity index is 0.00000144. The second-order valence-electron chi connectivity index (χ2n) is 4.16. The fourth-order valence-corrected chi connectivity index (χ4v) is 2.58. The average molecular weight is 324 g/mol. The van der Waals surface area contributed by atoms with Gasteiger partial charge in [-0.05, 0) is 30.7 Å². The fraction of sp³-hybridized carbons (Fsp3) is 0.500. The molecule has 2 nitrogen and oxygen atoms in total. The topological polar surface area (TPSA) is 15.3 Å². The van der Waals surface area contributed by atoms with Gasteiger partial charge >= 0.3 is 0 Å². The molecule has 1 aliphatic rings. The van der Waals surface area contributed by atoms with Crippen LogP contribution in [0.15, 0.2) is 22.7 Å². The van der Waals surface area contributed by atoms with Crippen LogP contribution in [0, 0.1) is 5.82 Å². The average Bonchev–Trinajstić information content (AvgIpc) is 2.28. The van der Waals surface area contributed by atoms with E-state index in [1.54, 1.807) is 6.07 Å². The summed E-state index contributed by atoms with van der Waals surface area (Å²) in [4.78, 5) is 2.37. The molecule has 1 aromatic carbocycles. The monoisotopic (exact) mass is 322 g/mol. The van der Waals surface area contributed by atoms with Gasteiger partial charge in [0.25, 0.3) is 0 Å². The van der Waals surface area contributed by atoms with Gasteiger partial charge < -0.3 is 5.32 Å². The Morgan fingerprint density at radius 2 is 1.94 bits per heavy atom. The molecular weight excluding hydrogens is 307 g/mol. The highest BCUT2D eigenvalue weighted by Gasteiger charge is 2.18. The molecule has 0 amide bonds. The normalized spacial score (nSPS) is 18.5. The van der Waals surface area contributed by atoms with E-state index in [0.717, 1.165) is 36.2 Å². The molecule has 1 fully saturated rings. The molecule has 1 aliphatic heterocycles. The number of piperazine rings is 1. The quantitative estimate of drug-likeness (QED) is 0.900. The van der Waals surface area contributed by atoms with E-state index in [9.17, 15) is 4.39 Å². The number of nitrogens with zero attached hydrogens (tertiary/aromatic N) is 1. The molecule has 0 radical (unpaired) electrons. The van der Waals surface area contributed by atoms with E-state index >= 15 is 0 Å². The van der Waals surface area contributed by atoms with Crippen molar-refractivity contribution in [2.45, 2.75) is 13.0 Å². The molecule has 2 rings (SSSR count). The molecule has 1 saturated heterocycles. The number of rotatable bonds is 2. The number of hydrogen-bond donors (Lipinski definition) is 1. The number of hydrogen-bond acceptors (Lipinski definition) is 2. The molecule has 0 saturated carbocycles. The second-order valence-corrected chi connectivity index (χ2v) is 5.08. The van der Waals surface area contributed by atoms with Crippen LogP contribution in [0.5, 0.6) is 0 Å². The smallest absolute Gasteiger partial charge is 0.124 e. The van der Waals surface area contributed by atoms with Crippen molar-refractivity contribution in [2.24, 2.45) is 0 Å². The van der Waals surface area contributed by atoms with Crippen molar-refractivity contribution in [3.63, 3.8) is 0 Å². The maximum atomic E-state index is 13.3. The van der Waals surface area contributed by atoms with Gasteiger partial charge in [-0.15, -0.1) is 12.4 Å². The lowest BCUT2D eigenvalue weighted by Gasteiger charge is -2.33. The van der Waals surface area contributed by atoms with Crippen LogP contribution < -0.4 is 5.32 Å². The maximum absolute atomic E-state index is 13.3. The van der Waals surface area contributed by atoms with Crippen molar-refractivity contribution in [3.05, 3.63) is 34.1 Å². The van der Waals surface area contributed by atoms with Crippen LogP contribution in [0.1, 0.15) is 18.5 Å². The molecule has 1 N–H and O–H groups in total. The van der Waals surface area contributed by atoms with E-state index in [-0.39, 0.29) is 24.3 Å². The van der Waals surface area contributed by atoms with E-state index < -0.39 is 0 Å². The summed E-state index contributed by atoms with van der Waals surface area (Å²) >= 11 is 3.33. The molecule has 1 aromatic rings. The van der Waals surface area contributed by atoms with Gasteiger partial charge in [0.15, 0.2) is 0 Å². The van der Waals surface area contributed by atoms with Gasteiger partial charge in [0.05, 0.1) is 0 Å². The van der Waals surface area contributed by atoms with Crippen LogP contribution in [0.4, 0.5) is 4.39 Å². The van der Waals surface area contributed by atoms with Gasteiger partial charge in [0.2, 0.25) is 0 Å². The number of benzene rings is 1. The highest BCUT2D eigenvalue weighted by molar-refractivity contribution is 9.10. The van der Waals surface area contributed by atoms with Crippen LogP contribution in [0.2, 0.25) is 0 Å². The molecule has 1 atom stereocenters. The van der Waals surface area contributed by atoms with Crippen LogP contribution in [0.3, 0.4) is 0 Å². The lowest BCUT2D eigenvalue weighted by atomic mass is 10.1. The Bertz CT molecular complexity index is 349. The summed E-state index contributed by atoms with van der Waals surface area (Å²) < 4.78 is 14.1. The third-order valence-electron chi connectivity index (χ3n) is 3.07. The maximum Gasteiger partial charge on any atom is 0.124 e. The Morgan fingerprint density at radius 3 is 2.53 bits per heavy atom. The first-order valence-corrected chi connectivity index (χ1v) is 6.37. The zero-order chi connectivity index (χ0) is 11.5. The first kappa shape index (κ1) is 14.9. The molecule has 96 valence electrons. The van der Waals surface area contributed by atoms with E-state index in [0.29, 0.717) is 0 Å². The summed E-state index contributed by atoms with van der Waals surface area (Å²) in [6.45, 7) is 6.21. The first-order valence-electron chi connectivity index (χ1n) is 5.57. The third-order valence-corrected chi connectivity index (χ3v) is 3.52. The largest absolute Gasteiger partial charge is 0.314 e. The highest BCUT2D eigenvalue weighted by atomic mass is 79.9. The molecule has 0 unspecified atom stereocenters. The molecule has 1 heterocycles. The van der Waals surface area contributed by atoms with Gasteiger partial charge in [-0.3, -0.25) is 4.90 Å². The Morgan fingerprint density at radius 1 is 1.29 bits per heavy atom. The van der Waals surface area contributed by atoms with E-state index in [1.165, 1.54) is 6.07 Å². The van der Waals surface area contributed by atoms with Gasteiger partial charge in [0, 0.05) is 36.7 Å². The van der Waals surface area contributed by atoms with Gasteiger partial charge in [-0.2, -0.15) is 0 Å². The van der Waals surface area contributed by atoms with Gasteiger partial charge in [-0.1, -0.05) is 15.9 Å². The van der Waals surface area contributed by atoms with E-state index in [4.69, 9.17) is 0 Å². The Kier molecular flexibility index (Phi) is 5.86. The third kappa shape index (κ3) is 3.91. The summed E-state index contributed by atoms with van der Waals surface area (Å²) in [6, 6.07) is 5.38. The van der Waals surface area contributed by atoms with Crippen LogP contribution in [-0.4, -0.2) is 31.1 Å². The lowest BCUT2D eigenvalue weighted by Crippen LogP contribution is -2.44. The van der Waals surface area contributed by atoms with Crippen molar-refractivity contribution in [1.82, 2.24) is 10.2 Å². The Labute approximate surface area is 116 Å². The SMILES string of the molecule is C[C@H](c1cc(F)cc(Br)c1)N1CCNCC1.Cl. The molecule has 0 aliphatic carbocycles. The molecule has 0 bridgehead atoms. The minimum Gasteiger partial charge on any atom is -0.314 e. The second kappa shape index (κ2) is 6.69. The van der Waals surface area contributed by atoms with Crippen molar-refractivity contribution < 1.29 is 4.39 Å². The Hall–Kier alpha value is -0.160. The summed E-state index contributed by atoms with van der Waals surface area (Å²) in [6.07, 6.45) is 0. The molecular formula is C12H17BrClFN2. The van der Waals surface area contributed by atoms with Crippen molar-refractivity contribution >= 4 is 28.3 Å². The summed E-state index contributed by atoms with van der Waals surface area (Å²) in [5.74, 6) is -0.175. The van der Waals surface area contributed by atoms with Crippen molar-refractivity contribution in [2.75, 3.05) is 26.2 Å². The first-order chi connectivity index (χ1) is 7.66. The number of nitrogens with one attached hydrogen (secondary N) is 1. The molecule has 17 heavy (non-hydrogen) atoms. The lowest BCUT2D eigenvalue weighted by molar-refractivity contribution is 0.185. The standard InChI is InChI=1S/C12H16BrFN2.ClH/c1-9(16-4-2-15-3-5-16)10-6-11(13)8-12(14)7-10;/h6-9,15H,2-5H2,1H3;1H/t9-;/m1./s1. The predicted molar refractivity (Wildman–Crippen MR) is 74.2 cm³/mol. The fourth-order valence-electron chi connectivity index (χ4n) is 2.10. The molecule has 5 heteroatoms. The summed E-state index contributed by atoms with van der Waals surface area (Å²) in [5.41, 5.74) is 1.04. The van der Waals surface area contributed by atoms with Gasteiger partial charge in [-0.25, -0.2) is 4.39 Å². The van der Waals surface area contributed by atoms with Crippen molar-refractivity contribution in [3.8, 4) is 0 Å². The van der Waals surface area contributed by atoms with E-state index in [1.807, 2.05) is 6.07 Å². The minimum atomic E-state index is -0.175. The van der Waals surface area contributed by atoms with E-state index in [2.05, 4.69) is 33.1 Å². The summed E-state index contributed by atoms with van der Waals surface area (Å²) in [5, 5.41) is 3.32. The molecule has 0 spiro atoms. The zero-order valence-electron chi connectivity index (χ0n) is 9.75. The highest BCUT2D eigenvalue weighted by Crippen LogP contribution is 2.24. The van der Waals surface area contributed by atoms with Crippen LogP contribution in [-0.2, 0) is 0 Å². The molecule has 0 aromatic heterocycles. The van der Waals surface area contributed by atoms with Crippen LogP contribution in [0.25, 0.3) is 0 Å². The zero-order valence-corrected chi connectivity index (χ0v) is 12.2. The number of halogens is 3. The summed E-state index contributed by atoms with van der Waals surface area (Å²) in [7, 11) is 0. The van der Waals surface area contributed by atoms with Crippen molar-refractivity contribution in [1.29, 1.82) is 0 Å².